The van der Waals surface area contributed by atoms with E-state index in [0.29, 0.717) is 12.3 Å². The van der Waals surface area contributed by atoms with Gasteiger partial charge in [0, 0.05) is 22.8 Å². The zero-order valence-corrected chi connectivity index (χ0v) is 18.0. The van der Waals surface area contributed by atoms with Crippen molar-refractivity contribution in [1.82, 2.24) is 4.40 Å². The minimum Gasteiger partial charge on any atom is -0.489 e. The summed E-state index contributed by atoms with van der Waals surface area (Å²) in [6.45, 7) is 9.10. The van der Waals surface area contributed by atoms with Crippen LogP contribution in [0.25, 0.3) is 16.6 Å². The second kappa shape index (κ2) is 7.83. The minimum absolute atomic E-state index is 0.0981. The predicted octanol–water partition coefficient (Wildman–Crippen LogP) is 6.60. The van der Waals surface area contributed by atoms with E-state index in [9.17, 15) is 4.79 Å². The molecule has 0 saturated heterocycles. The maximum atomic E-state index is 11.9. The molecule has 0 aliphatic heterocycles. The number of hydrogen-bond donors (Lipinski definition) is 0. The number of carbonyl (C=O) groups is 1. The molecule has 0 spiro atoms. The van der Waals surface area contributed by atoms with Gasteiger partial charge >= 0.3 is 0 Å². The van der Waals surface area contributed by atoms with Crippen molar-refractivity contribution < 1.29 is 9.53 Å². The predicted molar refractivity (Wildman–Crippen MR) is 122 cm³/mol. The van der Waals surface area contributed by atoms with Crippen molar-refractivity contribution in [3.8, 4) is 16.9 Å². The third-order valence-electron chi connectivity index (χ3n) is 5.40. The molecule has 3 heteroatoms. The maximum Gasteiger partial charge on any atom is 0.167 e. The van der Waals surface area contributed by atoms with Gasteiger partial charge in [-0.2, -0.15) is 0 Å². The number of nitrogens with zero attached hydrogens (tertiary/aromatic N) is 1. The van der Waals surface area contributed by atoms with E-state index in [0.717, 1.165) is 45.4 Å². The van der Waals surface area contributed by atoms with Gasteiger partial charge in [0.15, 0.2) is 6.29 Å². The molecule has 0 atom stereocenters. The Morgan fingerprint density at radius 1 is 0.967 bits per heavy atom. The molecule has 0 fully saturated rings. The summed E-state index contributed by atoms with van der Waals surface area (Å²) < 4.78 is 8.16. The number of rotatable bonds is 5. The van der Waals surface area contributed by atoms with Crippen LogP contribution in [0.4, 0.5) is 0 Å². The molecule has 0 radical (unpaired) electrons. The Morgan fingerprint density at radius 2 is 1.73 bits per heavy atom. The van der Waals surface area contributed by atoms with Crippen molar-refractivity contribution in [1.29, 1.82) is 0 Å². The Labute approximate surface area is 177 Å². The van der Waals surface area contributed by atoms with E-state index in [2.05, 4.69) is 51.1 Å². The number of hydrogen-bond acceptors (Lipinski definition) is 2. The van der Waals surface area contributed by atoms with Crippen LogP contribution in [0, 0.1) is 6.92 Å². The van der Waals surface area contributed by atoms with Crippen LogP contribution in [0.1, 0.15) is 48.0 Å². The molecule has 2 heterocycles. The lowest BCUT2D eigenvalue weighted by Gasteiger charge is -2.24. The average molecular weight is 398 g/mol. The van der Waals surface area contributed by atoms with Crippen LogP contribution in [-0.4, -0.2) is 10.7 Å². The molecule has 0 N–H and O–H groups in total. The van der Waals surface area contributed by atoms with E-state index < -0.39 is 0 Å². The molecule has 4 aromatic rings. The summed E-state index contributed by atoms with van der Waals surface area (Å²) in [7, 11) is 0. The molecular formula is C27H27NO2. The smallest absolute Gasteiger partial charge is 0.167 e. The van der Waals surface area contributed by atoms with Crippen molar-refractivity contribution in [2.75, 3.05) is 0 Å². The molecule has 0 unspecified atom stereocenters. The van der Waals surface area contributed by atoms with Crippen molar-refractivity contribution >= 4 is 11.8 Å². The standard InChI is InChI=1S/C27H27NO2/c1-19-10-12-22-15-23(25(17-29)28(22)16-19)21-11-13-26(24(14-21)27(2,3)4)30-18-20-8-6-5-7-9-20/h5-17H,18H2,1-4H3. The molecule has 3 nitrogen and oxygen atoms in total. The van der Waals surface area contributed by atoms with Gasteiger partial charge in [0.2, 0.25) is 0 Å². The fourth-order valence-corrected chi connectivity index (χ4v) is 3.79. The van der Waals surface area contributed by atoms with Gasteiger partial charge < -0.3 is 9.14 Å². The van der Waals surface area contributed by atoms with Crippen LogP contribution >= 0.6 is 0 Å². The highest BCUT2D eigenvalue weighted by molar-refractivity contribution is 5.90. The molecule has 2 aromatic carbocycles. The van der Waals surface area contributed by atoms with Gasteiger partial charge in [0.1, 0.15) is 12.4 Å². The molecule has 0 aliphatic carbocycles. The van der Waals surface area contributed by atoms with E-state index in [1.165, 1.54) is 0 Å². The topological polar surface area (TPSA) is 30.7 Å². The lowest BCUT2D eigenvalue weighted by Crippen LogP contribution is -2.13. The van der Waals surface area contributed by atoms with Gasteiger partial charge in [-0.15, -0.1) is 0 Å². The number of carbonyl (C=O) groups excluding carboxylic acids is 1. The van der Waals surface area contributed by atoms with Gasteiger partial charge in [0.05, 0.1) is 5.69 Å². The molecule has 0 aliphatic rings. The van der Waals surface area contributed by atoms with Crippen molar-refractivity contribution in [3.63, 3.8) is 0 Å². The first-order valence-corrected chi connectivity index (χ1v) is 10.3. The quantitative estimate of drug-likeness (QED) is 0.355. The Morgan fingerprint density at radius 3 is 2.43 bits per heavy atom. The molecule has 0 bridgehead atoms. The summed E-state index contributed by atoms with van der Waals surface area (Å²) in [5.74, 6) is 0.877. The first-order chi connectivity index (χ1) is 14.4. The Kier molecular flexibility index (Phi) is 5.21. The second-order valence-electron chi connectivity index (χ2n) is 8.80. The third kappa shape index (κ3) is 3.88. The first-order valence-electron chi connectivity index (χ1n) is 10.3. The van der Waals surface area contributed by atoms with E-state index in [-0.39, 0.29) is 5.41 Å². The summed E-state index contributed by atoms with van der Waals surface area (Å²) in [5.41, 5.74) is 6.93. The van der Waals surface area contributed by atoms with E-state index in [1.54, 1.807) is 0 Å². The Hall–Kier alpha value is -3.33. The van der Waals surface area contributed by atoms with Crippen LogP contribution < -0.4 is 4.74 Å². The average Bonchev–Trinajstić information content (AvgIpc) is 3.10. The Bertz CT molecular complexity index is 1200. The highest BCUT2D eigenvalue weighted by Gasteiger charge is 2.21. The zero-order chi connectivity index (χ0) is 21.3. The van der Waals surface area contributed by atoms with Crippen LogP contribution in [0.2, 0.25) is 0 Å². The summed E-state index contributed by atoms with van der Waals surface area (Å²) in [6.07, 6.45) is 2.95. The number of fused-ring (bicyclic) bond motifs is 1. The first kappa shape index (κ1) is 20.0. The summed E-state index contributed by atoms with van der Waals surface area (Å²) >= 11 is 0. The molecule has 152 valence electrons. The van der Waals surface area contributed by atoms with E-state index in [4.69, 9.17) is 4.74 Å². The maximum absolute atomic E-state index is 11.9. The summed E-state index contributed by atoms with van der Waals surface area (Å²) in [5, 5.41) is 0. The van der Waals surface area contributed by atoms with Gasteiger partial charge in [0.25, 0.3) is 0 Å². The Balaban J connectivity index is 1.77. The lowest BCUT2D eigenvalue weighted by atomic mass is 9.84. The summed E-state index contributed by atoms with van der Waals surface area (Å²) in [6, 6.07) is 22.6. The molecular weight excluding hydrogens is 370 g/mol. The number of aryl methyl sites for hydroxylation is 1. The zero-order valence-electron chi connectivity index (χ0n) is 18.0. The van der Waals surface area contributed by atoms with Crippen LogP contribution in [0.15, 0.2) is 72.9 Å². The molecule has 2 aromatic heterocycles. The highest BCUT2D eigenvalue weighted by Crippen LogP contribution is 2.37. The van der Waals surface area contributed by atoms with Gasteiger partial charge in [-0.3, -0.25) is 4.79 Å². The van der Waals surface area contributed by atoms with Crippen molar-refractivity contribution in [2.24, 2.45) is 0 Å². The lowest BCUT2D eigenvalue weighted by molar-refractivity contribution is 0.111. The fraction of sp³-hybridized carbons (Fsp3) is 0.222. The molecule has 0 amide bonds. The number of benzene rings is 2. The van der Waals surface area contributed by atoms with Gasteiger partial charge in [-0.05, 0) is 53.3 Å². The van der Waals surface area contributed by atoms with Gasteiger partial charge in [-0.1, -0.05) is 63.2 Å². The largest absolute Gasteiger partial charge is 0.489 e. The van der Waals surface area contributed by atoms with Crippen LogP contribution in [0.5, 0.6) is 5.75 Å². The van der Waals surface area contributed by atoms with E-state index >= 15 is 0 Å². The van der Waals surface area contributed by atoms with Crippen molar-refractivity contribution in [3.05, 3.63) is 95.3 Å². The molecule has 4 rings (SSSR count). The van der Waals surface area contributed by atoms with Crippen LogP contribution in [-0.2, 0) is 12.0 Å². The number of aromatic nitrogens is 1. The van der Waals surface area contributed by atoms with Crippen LogP contribution in [0.3, 0.4) is 0 Å². The number of aldehydes is 1. The highest BCUT2D eigenvalue weighted by atomic mass is 16.5. The normalized spacial score (nSPS) is 11.6. The fourth-order valence-electron chi connectivity index (χ4n) is 3.79. The number of pyridine rings is 1. The second-order valence-corrected chi connectivity index (χ2v) is 8.80. The SMILES string of the molecule is Cc1ccc2cc(-c3ccc(OCc4ccccc4)c(C(C)(C)C)c3)c(C=O)n2c1. The molecule has 0 saturated carbocycles. The minimum atomic E-state index is -0.0981. The van der Waals surface area contributed by atoms with Gasteiger partial charge in [-0.25, -0.2) is 0 Å². The van der Waals surface area contributed by atoms with Crippen molar-refractivity contribution in [2.45, 2.75) is 39.7 Å². The monoisotopic (exact) mass is 397 g/mol. The number of ether oxygens (including phenoxy) is 1. The van der Waals surface area contributed by atoms with E-state index in [1.807, 2.05) is 53.9 Å². The third-order valence-corrected chi connectivity index (χ3v) is 5.40. The summed E-state index contributed by atoms with van der Waals surface area (Å²) in [4.78, 5) is 11.9. The molecule has 30 heavy (non-hydrogen) atoms.